The Bertz CT molecular complexity index is 1680. The van der Waals surface area contributed by atoms with Crippen molar-refractivity contribution in [2.24, 2.45) is 0 Å². The molecule has 0 aliphatic carbocycles. The van der Waals surface area contributed by atoms with Crippen LogP contribution >= 0.6 is 7.82 Å². The molecule has 1 amide bonds. The predicted molar refractivity (Wildman–Crippen MR) is 318 cm³/mol. The molecule has 10 heteroatoms. The number of likely N-dealkylation sites (N-methyl/N-ethyl adjacent to an activating group) is 1. The molecule has 0 fully saturated rings. The Labute approximate surface area is 454 Å². The molecule has 0 radical (unpaired) electrons. The molecule has 0 rings (SSSR count). The molecule has 3 atom stereocenters. The van der Waals surface area contributed by atoms with Crippen molar-refractivity contribution in [2.75, 3.05) is 40.9 Å². The second-order valence-corrected chi connectivity index (χ2v) is 21.9. The molecule has 0 aromatic rings. The zero-order valence-electron chi connectivity index (χ0n) is 48.0. The maximum atomic E-state index is 13.5. The van der Waals surface area contributed by atoms with E-state index in [0.29, 0.717) is 23.9 Å². The Morgan fingerprint density at radius 1 is 0.486 bits per heavy atom. The van der Waals surface area contributed by atoms with Gasteiger partial charge in [-0.1, -0.05) is 213 Å². The topological polar surface area (TPSA) is 111 Å². The third kappa shape index (κ3) is 53.2. The fourth-order valence-electron chi connectivity index (χ4n) is 7.66. The van der Waals surface area contributed by atoms with Crippen LogP contribution in [-0.4, -0.2) is 74.3 Å². The maximum absolute atomic E-state index is 13.5. The number of nitrogens with zero attached hydrogens (tertiary/aromatic N) is 1. The highest BCUT2D eigenvalue weighted by atomic mass is 31.2. The highest BCUT2D eigenvalue weighted by Gasteiger charge is 2.30. The molecule has 0 heterocycles. The van der Waals surface area contributed by atoms with Gasteiger partial charge in [0.1, 0.15) is 19.3 Å². The van der Waals surface area contributed by atoms with E-state index in [1.807, 2.05) is 33.3 Å². The minimum absolute atomic E-state index is 0.0210. The van der Waals surface area contributed by atoms with Gasteiger partial charge < -0.3 is 19.4 Å². The molecule has 0 saturated heterocycles. The van der Waals surface area contributed by atoms with Crippen molar-refractivity contribution >= 4 is 19.7 Å². The van der Waals surface area contributed by atoms with Crippen LogP contribution in [0.25, 0.3) is 0 Å². The molecule has 422 valence electrons. The van der Waals surface area contributed by atoms with Gasteiger partial charge in [-0.05, 0) is 115 Å². The molecule has 0 bridgehead atoms. The average molecular weight is 1050 g/mol. The van der Waals surface area contributed by atoms with Crippen LogP contribution in [0.5, 0.6) is 0 Å². The number of phosphoric acid groups is 1. The summed E-state index contributed by atoms with van der Waals surface area (Å²) in [5.74, 6) is -0.592. The normalized spacial score (nSPS) is 14.6. The molecule has 9 nitrogen and oxygen atoms in total. The number of nitrogens with one attached hydrogen (secondary N) is 1. The lowest BCUT2D eigenvalue weighted by Crippen LogP contribution is -2.47. The van der Waals surface area contributed by atoms with Crippen LogP contribution in [0.2, 0.25) is 0 Å². The van der Waals surface area contributed by atoms with Crippen LogP contribution in [0.15, 0.2) is 122 Å². The number of unbranched alkanes of at least 4 members (excludes halogenated alkanes) is 17. The second kappa shape index (κ2) is 52.8. The lowest BCUT2D eigenvalue weighted by atomic mass is 10.0. The molecule has 0 aliphatic heterocycles. The molecule has 0 spiro atoms. The summed E-state index contributed by atoms with van der Waals surface area (Å²) in [7, 11) is 1.43. The number of hydrogen-bond acceptors (Lipinski definition) is 6. The SMILES string of the molecule is CC/C=C\C/C=C\C/C=C\C/C=C\C/C=C\C/C=C\CCCCC(=O)NC(COP(=O)(O)OCC[N+](C)(C)C)C(/C=C\CCCCCCCCCCCCC)OC(=O)CCCCCC/C=C/C/C=C/C/C=C/CC. The first-order valence-electron chi connectivity index (χ1n) is 29.4. The molecule has 0 saturated carbocycles. The van der Waals surface area contributed by atoms with Gasteiger partial charge in [-0.15, -0.1) is 0 Å². The average Bonchev–Trinajstić information content (AvgIpc) is 3.36. The fraction of sp³-hybridized carbons (Fsp3) is 0.656. The number of carbonyl (C=O) groups excluding carboxylic acids is 2. The standard InChI is InChI=1S/C64H109N2O7P/c1-7-10-13-16-19-22-25-28-30-31-32-33-34-35-36-38-41-44-47-50-53-56-63(67)65-61(60-72-74(69,70)71-59-58-66(4,5)6)62(55-52-49-46-43-40-37-27-24-21-18-15-12-9-3)73-64(68)57-54-51-48-45-42-39-29-26-23-20-17-14-11-8-2/h10-11,13-14,19-20,22-23,28-30,32-33,35-36,39,41,44,52,55,61-62H,7-9,12,15-18,21,24-27,31,34,37-38,40,42-43,45-51,53-54,56-60H2,1-6H3,(H-,65,67,69,70)/p+1/b13-10-,14-11+,22-19-,23-20+,30-28-,33-32-,36-35-,39-29+,44-41-,55-52-. The van der Waals surface area contributed by atoms with Gasteiger partial charge in [0.15, 0.2) is 0 Å². The predicted octanol–water partition coefficient (Wildman–Crippen LogP) is 17.9. The van der Waals surface area contributed by atoms with Crippen molar-refractivity contribution in [3.8, 4) is 0 Å². The Morgan fingerprint density at radius 2 is 0.865 bits per heavy atom. The largest absolute Gasteiger partial charge is 0.472 e. The first kappa shape index (κ1) is 70.4. The summed E-state index contributed by atoms with van der Waals surface area (Å²) in [6.07, 6.45) is 73.4. The third-order valence-electron chi connectivity index (χ3n) is 12.1. The number of hydrogen-bond donors (Lipinski definition) is 2. The van der Waals surface area contributed by atoms with Gasteiger partial charge in [-0.25, -0.2) is 4.57 Å². The van der Waals surface area contributed by atoms with E-state index in [0.717, 1.165) is 116 Å². The van der Waals surface area contributed by atoms with E-state index in [-0.39, 0.29) is 37.9 Å². The van der Waals surface area contributed by atoms with Gasteiger partial charge in [0, 0.05) is 12.8 Å². The van der Waals surface area contributed by atoms with Crippen molar-refractivity contribution in [3.63, 3.8) is 0 Å². The Morgan fingerprint density at radius 3 is 1.31 bits per heavy atom. The van der Waals surface area contributed by atoms with Crippen LogP contribution in [0, 0.1) is 0 Å². The van der Waals surface area contributed by atoms with Gasteiger partial charge in [0.2, 0.25) is 5.91 Å². The smallest absolute Gasteiger partial charge is 0.456 e. The number of carbonyl (C=O) groups is 2. The number of quaternary nitrogens is 1. The van der Waals surface area contributed by atoms with E-state index in [4.69, 9.17) is 13.8 Å². The maximum Gasteiger partial charge on any atom is 0.472 e. The summed E-state index contributed by atoms with van der Waals surface area (Å²) >= 11 is 0. The van der Waals surface area contributed by atoms with E-state index in [9.17, 15) is 19.0 Å². The summed E-state index contributed by atoms with van der Waals surface area (Å²) in [6.45, 7) is 6.71. The van der Waals surface area contributed by atoms with Gasteiger partial charge in [-0.3, -0.25) is 18.6 Å². The van der Waals surface area contributed by atoms with E-state index < -0.39 is 20.0 Å². The lowest BCUT2D eigenvalue weighted by Gasteiger charge is -2.27. The number of amides is 1. The highest BCUT2D eigenvalue weighted by molar-refractivity contribution is 7.47. The van der Waals surface area contributed by atoms with Crippen molar-refractivity contribution in [3.05, 3.63) is 122 Å². The molecule has 2 N–H and O–H groups in total. The molecular weight excluding hydrogens is 940 g/mol. The number of phosphoric ester groups is 1. The first-order chi connectivity index (χ1) is 35.9. The number of ether oxygens (including phenoxy) is 1. The molecule has 0 aromatic carbocycles. The number of allylic oxidation sites excluding steroid dienone is 19. The summed E-state index contributed by atoms with van der Waals surface area (Å²) in [5.41, 5.74) is 0. The zero-order chi connectivity index (χ0) is 54.3. The van der Waals surface area contributed by atoms with Crippen LogP contribution in [0.1, 0.15) is 220 Å². The van der Waals surface area contributed by atoms with E-state index in [2.05, 4.69) is 135 Å². The lowest BCUT2D eigenvalue weighted by molar-refractivity contribution is -0.870. The molecular formula is C64H110N2O7P+. The fourth-order valence-corrected chi connectivity index (χ4v) is 8.40. The van der Waals surface area contributed by atoms with Crippen LogP contribution in [0.4, 0.5) is 0 Å². The van der Waals surface area contributed by atoms with E-state index >= 15 is 0 Å². The monoisotopic (exact) mass is 1050 g/mol. The number of rotatable bonds is 51. The van der Waals surface area contributed by atoms with Crippen molar-refractivity contribution in [2.45, 2.75) is 232 Å². The Kier molecular flexibility index (Phi) is 50.3. The quantitative estimate of drug-likeness (QED) is 0.0205. The van der Waals surface area contributed by atoms with Gasteiger partial charge in [-0.2, -0.15) is 0 Å². The molecule has 0 aromatic heterocycles. The van der Waals surface area contributed by atoms with E-state index in [1.54, 1.807) is 0 Å². The van der Waals surface area contributed by atoms with Gasteiger partial charge in [0.05, 0.1) is 33.8 Å². The highest BCUT2D eigenvalue weighted by Crippen LogP contribution is 2.43. The van der Waals surface area contributed by atoms with Crippen molar-refractivity contribution in [1.29, 1.82) is 0 Å². The minimum Gasteiger partial charge on any atom is -0.456 e. The van der Waals surface area contributed by atoms with Crippen LogP contribution in [0.3, 0.4) is 0 Å². The summed E-state index contributed by atoms with van der Waals surface area (Å²) in [4.78, 5) is 37.6. The molecule has 3 unspecified atom stereocenters. The van der Waals surface area contributed by atoms with E-state index in [1.165, 1.54) is 57.8 Å². The van der Waals surface area contributed by atoms with Crippen molar-refractivity contribution < 1.29 is 37.3 Å². The van der Waals surface area contributed by atoms with Gasteiger partial charge in [0.25, 0.3) is 0 Å². The van der Waals surface area contributed by atoms with Crippen LogP contribution < -0.4 is 5.32 Å². The Balaban J connectivity index is 5.45. The van der Waals surface area contributed by atoms with Crippen molar-refractivity contribution in [1.82, 2.24) is 5.32 Å². The van der Waals surface area contributed by atoms with Gasteiger partial charge >= 0.3 is 13.8 Å². The number of esters is 1. The third-order valence-corrected chi connectivity index (χ3v) is 13.1. The second-order valence-electron chi connectivity index (χ2n) is 20.4. The zero-order valence-corrected chi connectivity index (χ0v) is 48.9. The summed E-state index contributed by atoms with van der Waals surface area (Å²) in [6, 6.07) is -0.889. The first-order valence-corrected chi connectivity index (χ1v) is 30.9. The summed E-state index contributed by atoms with van der Waals surface area (Å²) < 4.78 is 30.6. The molecule has 74 heavy (non-hydrogen) atoms. The summed E-state index contributed by atoms with van der Waals surface area (Å²) in [5, 5.41) is 3.02. The minimum atomic E-state index is -4.47. The molecule has 0 aliphatic rings. The Hall–Kier alpha value is -3.59. The van der Waals surface area contributed by atoms with Crippen LogP contribution in [-0.2, 0) is 27.9 Å².